The van der Waals surface area contributed by atoms with Gasteiger partial charge in [-0.15, -0.1) is 5.10 Å². The first-order chi connectivity index (χ1) is 14.2. The lowest BCUT2D eigenvalue weighted by molar-refractivity contribution is -0.135. The van der Waals surface area contributed by atoms with Crippen LogP contribution >= 0.6 is 0 Å². The van der Waals surface area contributed by atoms with Crippen LogP contribution in [0.25, 0.3) is 5.69 Å². The second kappa shape index (κ2) is 8.78. The number of hydrogen-bond acceptors (Lipinski definition) is 6. The summed E-state index contributed by atoms with van der Waals surface area (Å²) in [5.74, 6) is 0.357. The minimum absolute atomic E-state index is 0.00217. The fourth-order valence-electron chi connectivity index (χ4n) is 3.21. The molecule has 0 aliphatic carbocycles. The van der Waals surface area contributed by atoms with Gasteiger partial charge in [-0.05, 0) is 52.4 Å². The third kappa shape index (κ3) is 4.94. The molecule has 1 aliphatic rings. The highest BCUT2D eigenvalue weighted by atomic mass is 19.1. The van der Waals surface area contributed by atoms with E-state index in [1.165, 1.54) is 18.5 Å². The summed E-state index contributed by atoms with van der Waals surface area (Å²) in [6, 6.07) is 13.8. The molecular weight excluding hydrogens is 375 g/mol. The van der Waals surface area contributed by atoms with Crippen LogP contribution in [0, 0.1) is 5.82 Å². The fraction of sp³-hybridized carbons (Fsp3) is 0.300. The molecule has 0 N–H and O–H groups in total. The molecule has 0 unspecified atom stereocenters. The van der Waals surface area contributed by atoms with Gasteiger partial charge in [-0.1, -0.05) is 12.1 Å². The number of aromatic nitrogens is 4. The number of carbonyl (C=O) groups is 1. The van der Waals surface area contributed by atoms with E-state index < -0.39 is 0 Å². The molecule has 0 radical (unpaired) electrons. The molecule has 3 aromatic rings. The first kappa shape index (κ1) is 19.0. The molecule has 29 heavy (non-hydrogen) atoms. The van der Waals surface area contributed by atoms with Gasteiger partial charge in [0.1, 0.15) is 17.9 Å². The topological polar surface area (TPSA) is 76.4 Å². The Hall–Kier alpha value is -3.33. The van der Waals surface area contributed by atoms with E-state index in [4.69, 9.17) is 4.74 Å². The summed E-state index contributed by atoms with van der Waals surface area (Å²) in [7, 11) is 0. The number of hydrogen-bond donors (Lipinski definition) is 0. The normalized spacial score (nSPS) is 14.7. The molecule has 9 heteroatoms. The molecule has 2 aromatic carbocycles. The van der Waals surface area contributed by atoms with Crippen molar-refractivity contribution >= 4 is 5.91 Å². The summed E-state index contributed by atoms with van der Waals surface area (Å²) in [6.07, 6.45) is 1.51. The van der Waals surface area contributed by atoms with Gasteiger partial charge in [0.15, 0.2) is 6.61 Å². The summed E-state index contributed by atoms with van der Waals surface area (Å²) >= 11 is 0. The molecule has 1 aliphatic heterocycles. The SMILES string of the molecule is O=C(COc1ccc(-n2cnnn2)cc1)N1CCN(Cc2ccc(F)cc2)CC1. The van der Waals surface area contributed by atoms with E-state index in [-0.39, 0.29) is 18.3 Å². The first-order valence-electron chi connectivity index (χ1n) is 9.38. The van der Waals surface area contributed by atoms with Crippen molar-refractivity contribution < 1.29 is 13.9 Å². The van der Waals surface area contributed by atoms with E-state index >= 15 is 0 Å². The minimum atomic E-state index is -0.228. The van der Waals surface area contributed by atoms with Gasteiger partial charge in [0.2, 0.25) is 0 Å². The number of halogens is 1. The number of rotatable bonds is 6. The Labute approximate surface area is 167 Å². The number of piperazine rings is 1. The minimum Gasteiger partial charge on any atom is -0.484 e. The maximum absolute atomic E-state index is 13.0. The predicted octanol–water partition coefficient (Wildman–Crippen LogP) is 1.52. The highest BCUT2D eigenvalue weighted by Gasteiger charge is 2.21. The lowest BCUT2D eigenvalue weighted by atomic mass is 10.2. The van der Waals surface area contributed by atoms with Gasteiger partial charge < -0.3 is 9.64 Å². The largest absolute Gasteiger partial charge is 0.484 e. The Bertz CT molecular complexity index is 923. The fourth-order valence-corrected chi connectivity index (χ4v) is 3.21. The Morgan fingerprint density at radius 2 is 1.72 bits per heavy atom. The van der Waals surface area contributed by atoms with Crippen molar-refractivity contribution in [3.8, 4) is 11.4 Å². The van der Waals surface area contributed by atoms with Crippen LogP contribution < -0.4 is 4.74 Å². The molecule has 1 amide bonds. The summed E-state index contributed by atoms with van der Waals surface area (Å²) < 4.78 is 20.2. The summed E-state index contributed by atoms with van der Waals surface area (Å²) in [6.45, 7) is 3.63. The van der Waals surface area contributed by atoms with E-state index in [0.29, 0.717) is 18.8 Å². The third-order valence-electron chi connectivity index (χ3n) is 4.86. The summed E-state index contributed by atoms with van der Waals surface area (Å²) in [5, 5.41) is 11.0. The molecule has 0 saturated carbocycles. The summed E-state index contributed by atoms with van der Waals surface area (Å²) in [4.78, 5) is 16.5. The van der Waals surface area contributed by atoms with Crippen molar-refractivity contribution in [2.45, 2.75) is 6.54 Å². The lowest BCUT2D eigenvalue weighted by Gasteiger charge is -2.34. The van der Waals surface area contributed by atoms with Gasteiger partial charge >= 0.3 is 0 Å². The monoisotopic (exact) mass is 396 g/mol. The van der Waals surface area contributed by atoms with E-state index in [1.807, 2.05) is 17.0 Å². The van der Waals surface area contributed by atoms with Crippen LogP contribution in [0.3, 0.4) is 0 Å². The number of nitrogens with zero attached hydrogens (tertiary/aromatic N) is 6. The van der Waals surface area contributed by atoms with Crippen molar-refractivity contribution in [2.75, 3.05) is 32.8 Å². The summed E-state index contributed by atoms with van der Waals surface area (Å²) in [5.41, 5.74) is 1.88. The molecule has 150 valence electrons. The van der Waals surface area contributed by atoms with Crippen molar-refractivity contribution in [1.29, 1.82) is 0 Å². The molecule has 2 heterocycles. The number of amides is 1. The molecule has 8 nitrogen and oxygen atoms in total. The van der Waals surface area contributed by atoms with Crippen LogP contribution in [0.1, 0.15) is 5.56 Å². The van der Waals surface area contributed by atoms with Crippen LogP contribution in [0.4, 0.5) is 4.39 Å². The second-order valence-electron chi connectivity index (χ2n) is 6.82. The standard InChI is InChI=1S/C20H21FN6O2/c21-17-3-1-16(2-4-17)13-25-9-11-26(12-10-25)20(28)14-29-19-7-5-18(6-8-19)27-15-22-23-24-27/h1-8,15H,9-14H2. The molecule has 0 atom stereocenters. The highest BCUT2D eigenvalue weighted by molar-refractivity contribution is 5.77. The van der Waals surface area contributed by atoms with Crippen LogP contribution in [0.15, 0.2) is 54.9 Å². The number of ether oxygens (including phenoxy) is 1. The van der Waals surface area contributed by atoms with Gasteiger partial charge in [0, 0.05) is 32.7 Å². The molecule has 1 fully saturated rings. The predicted molar refractivity (Wildman–Crippen MR) is 103 cm³/mol. The molecule has 1 aromatic heterocycles. The van der Waals surface area contributed by atoms with Crippen LogP contribution in [-0.2, 0) is 11.3 Å². The zero-order valence-corrected chi connectivity index (χ0v) is 15.8. The third-order valence-corrected chi connectivity index (χ3v) is 4.86. The van der Waals surface area contributed by atoms with E-state index in [1.54, 1.807) is 28.9 Å². The van der Waals surface area contributed by atoms with E-state index in [9.17, 15) is 9.18 Å². The molecule has 1 saturated heterocycles. The van der Waals surface area contributed by atoms with Gasteiger partial charge in [0.25, 0.3) is 5.91 Å². The smallest absolute Gasteiger partial charge is 0.260 e. The molecule has 0 spiro atoms. The Balaban J connectivity index is 1.22. The van der Waals surface area contributed by atoms with Crippen LogP contribution in [0.5, 0.6) is 5.75 Å². The average Bonchev–Trinajstić information content (AvgIpc) is 3.29. The van der Waals surface area contributed by atoms with E-state index in [0.717, 1.165) is 30.9 Å². The van der Waals surface area contributed by atoms with Gasteiger partial charge in [-0.25, -0.2) is 9.07 Å². The number of tetrazole rings is 1. The quantitative estimate of drug-likeness (QED) is 0.629. The average molecular weight is 396 g/mol. The Morgan fingerprint density at radius 1 is 1.00 bits per heavy atom. The van der Waals surface area contributed by atoms with Crippen molar-refractivity contribution in [2.24, 2.45) is 0 Å². The van der Waals surface area contributed by atoms with E-state index in [2.05, 4.69) is 20.4 Å². The molecule has 0 bridgehead atoms. The lowest BCUT2D eigenvalue weighted by Crippen LogP contribution is -2.49. The van der Waals surface area contributed by atoms with Crippen LogP contribution in [0.2, 0.25) is 0 Å². The van der Waals surface area contributed by atoms with Crippen LogP contribution in [-0.4, -0.2) is 68.7 Å². The zero-order valence-electron chi connectivity index (χ0n) is 15.8. The molecular formula is C20H21FN6O2. The second-order valence-corrected chi connectivity index (χ2v) is 6.82. The highest BCUT2D eigenvalue weighted by Crippen LogP contribution is 2.15. The van der Waals surface area contributed by atoms with Crippen molar-refractivity contribution in [3.05, 3.63) is 66.2 Å². The zero-order chi connectivity index (χ0) is 20.1. The van der Waals surface area contributed by atoms with Gasteiger partial charge in [-0.2, -0.15) is 0 Å². The molecule has 4 rings (SSSR count). The first-order valence-corrected chi connectivity index (χ1v) is 9.38. The number of benzene rings is 2. The number of carbonyl (C=O) groups excluding carboxylic acids is 1. The van der Waals surface area contributed by atoms with Gasteiger partial charge in [-0.3, -0.25) is 9.69 Å². The van der Waals surface area contributed by atoms with Gasteiger partial charge in [0.05, 0.1) is 5.69 Å². The Kier molecular flexibility index (Phi) is 5.76. The maximum Gasteiger partial charge on any atom is 0.260 e. The maximum atomic E-state index is 13.0. The van der Waals surface area contributed by atoms with Crippen molar-refractivity contribution in [1.82, 2.24) is 30.0 Å². The Morgan fingerprint density at radius 3 is 2.38 bits per heavy atom. The van der Waals surface area contributed by atoms with Crippen molar-refractivity contribution in [3.63, 3.8) is 0 Å².